The first-order valence-electron chi connectivity index (χ1n) is 6.59. The molecule has 3 nitrogen and oxygen atoms in total. The summed E-state index contributed by atoms with van der Waals surface area (Å²) in [6, 6.07) is 7.23. The van der Waals surface area contributed by atoms with E-state index < -0.39 is 0 Å². The van der Waals surface area contributed by atoms with Gasteiger partial charge in [0.15, 0.2) is 5.78 Å². The first-order valence-corrected chi connectivity index (χ1v) is 7.76. The second-order valence-corrected chi connectivity index (χ2v) is 5.81. The number of hydrogen-bond acceptors (Lipinski definition) is 2. The van der Waals surface area contributed by atoms with Crippen LogP contribution in [0.1, 0.15) is 35.6 Å². The number of benzene rings is 1. The highest BCUT2D eigenvalue weighted by atomic mass is 79.9. The van der Waals surface area contributed by atoms with Crippen LogP contribution in [0, 0.1) is 0 Å². The quantitative estimate of drug-likeness (QED) is 0.749. The Bertz CT molecular complexity index is 637. The molecule has 1 aromatic carbocycles. The van der Waals surface area contributed by atoms with Crippen molar-refractivity contribution in [2.75, 3.05) is 0 Å². The van der Waals surface area contributed by atoms with Gasteiger partial charge in [-0.3, -0.25) is 9.48 Å². The van der Waals surface area contributed by atoms with Crippen LogP contribution in [0.5, 0.6) is 0 Å². The fraction of sp³-hybridized carbons (Fsp3) is 0.333. The number of carbonyl (C=O) groups is 1. The molecule has 0 saturated heterocycles. The zero-order valence-corrected chi connectivity index (χ0v) is 13.8. The van der Waals surface area contributed by atoms with Gasteiger partial charge in [0, 0.05) is 27.3 Å². The van der Waals surface area contributed by atoms with Crippen LogP contribution >= 0.6 is 27.5 Å². The molecule has 0 aliphatic rings. The average Bonchev–Trinajstić information content (AvgIpc) is 2.80. The van der Waals surface area contributed by atoms with Gasteiger partial charge in [-0.2, -0.15) is 5.10 Å². The lowest BCUT2D eigenvalue weighted by atomic mass is 10.1. The van der Waals surface area contributed by atoms with Crippen molar-refractivity contribution < 1.29 is 4.79 Å². The van der Waals surface area contributed by atoms with Crippen LogP contribution in [0.25, 0.3) is 0 Å². The monoisotopic (exact) mass is 354 g/mol. The Kier molecular flexibility index (Phi) is 5.00. The number of carbonyl (C=O) groups excluding carboxylic acids is 1. The van der Waals surface area contributed by atoms with Gasteiger partial charge in [0.05, 0.1) is 12.1 Å². The third-order valence-electron chi connectivity index (χ3n) is 3.15. The number of rotatable bonds is 5. The van der Waals surface area contributed by atoms with Crippen molar-refractivity contribution in [2.45, 2.75) is 33.2 Å². The van der Waals surface area contributed by atoms with E-state index in [9.17, 15) is 4.79 Å². The van der Waals surface area contributed by atoms with Crippen LogP contribution < -0.4 is 0 Å². The molecular formula is C15H16BrClN2O. The van der Waals surface area contributed by atoms with Gasteiger partial charge in [0.25, 0.3) is 0 Å². The second-order valence-electron chi connectivity index (χ2n) is 4.52. The van der Waals surface area contributed by atoms with Crippen molar-refractivity contribution in [1.29, 1.82) is 0 Å². The topological polar surface area (TPSA) is 34.9 Å². The lowest BCUT2D eigenvalue weighted by Crippen LogP contribution is -2.10. The van der Waals surface area contributed by atoms with Gasteiger partial charge in [-0.05, 0) is 53.5 Å². The standard InChI is InChI=1S/C15H16BrClN2O/c1-3-11-8-12(19(4-2)18-11)9-15(20)13-6-5-10(17)7-14(13)16/h5-8H,3-4,9H2,1-2H3. The average molecular weight is 356 g/mol. The molecular weight excluding hydrogens is 340 g/mol. The molecule has 0 saturated carbocycles. The predicted octanol–water partition coefficient (Wildman–Crippen LogP) is 4.31. The smallest absolute Gasteiger partial charge is 0.169 e. The summed E-state index contributed by atoms with van der Waals surface area (Å²) in [6.45, 7) is 4.85. The van der Waals surface area contributed by atoms with Gasteiger partial charge in [-0.15, -0.1) is 0 Å². The Hall–Kier alpha value is -1.13. The number of aromatic nitrogens is 2. The van der Waals surface area contributed by atoms with E-state index in [-0.39, 0.29) is 5.78 Å². The summed E-state index contributed by atoms with van der Waals surface area (Å²) in [5, 5.41) is 5.07. The number of ketones is 1. The Morgan fingerprint density at radius 1 is 1.35 bits per heavy atom. The first-order chi connectivity index (χ1) is 9.55. The second kappa shape index (κ2) is 6.55. The minimum Gasteiger partial charge on any atom is -0.294 e. The Morgan fingerprint density at radius 3 is 2.70 bits per heavy atom. The van der Waals surface area contributed by atoms with Crippen molar-refractivity contribution in [1.82, 2.24) is 9.78 Å². The van der Waals surface area contributed by atoms with Gasteiger partial charge in [0.1, 0.15) is 0 Å². The van der Waals surface area contributed by atoms with Crippen LogP contribution in [0.15, 0.2) is 28.7 Å². The van der Waals surface area contributed by atoms with E-state index in [1.165, 1.54) is 0 Å². The molecule has 20 heavy (non-hydrogen) atoms. The SMILES string of the molecule is CCc1cc(CC(=O)c2ccc(Cl)cc2Br)n(CC)n1. The first kappa shape index (κ1) is 15.3. The fourth-order valence-electron chi connectivity index (χ4n) is 2.08. The summed E-state index contributed by atoms with van der Waals surface area (Å²) < 4.78 is 2.62. The molecule has 0 unspecified atom stereocenters. The molecule has 0 fully saturated rings. The molecule has 2 aromatic rings. The van der Waals surface area contributed by atoms with E-state index in [1.807, 2.05) is 17.7 Å². The molecule has 0 atom stereocenters. The number of nitrogens with zero attached hydrogens (tertiary/aromatic N) is 2. The van der Waals surface area contributed by atoms with Crippen molar-refractivity contribution in [3.05, 3.63) is 50.7 Å². The maximum absolute atomic E-state index is 12.4. The van der Waals surface area contributed by atoms with Gasteiger partial charge < -0.3 is 0 Å². The van der Waals surface area contributed by atoms with Crippen molar-refractivity contribution >= 4 is 33.3 Å². The molecule has 1 aromatic heterocycles. The Labute approximate surface area is 132 Å². The predicted molar refractivity (Wildman–Crippen MR) is 84.5 cm³/mol. The maximum Gasteiger partial charge on any atom is 0.169 e. The van der Waals surface area contributed by atoms with Crippen LogP contribution in [0.3, 0.4) is 0 Å². The lowest BCUT2D eigenvalue weighted by Gasteiger charge is -2.06. The Morgan fingerprint density at radius 2 is 2.10 bits per heavy atom. The summed E-state index contributed by atoms with van der Waals surface area (Å²) in [5.74, 6) is 0.0609. The van der Waals surface area contributed by atoms with Gasteiger partial charge in [0.2, 0.25) is 0 Å². The highest BCUT2D eigenvalue weighted by Gasteiger charge is 2.14. The molecule has 0 radical (unpaired) electrons. The summed E-state index contributed by atoms with van der Waals surface area (Å²) >= 11 is 9.28. The highest BCUT2D eigenvalue weighted by molar-refractivity contribution is 9.10. The van der Waals surface area contributed by atoms with Crippen molar-refractivity contribution in [3.63, 3.8) is 0 Å². The number of halogens is 2. The minimum atomic E-state index is 0.0609. The summed E-state index contributed by atoms with van der Waals surface area (Å²) in [6.07, 6.45) is 1.22. The molecule has 0 amide bonds. The van der Waals surface area contributed by atoms with Crippen LogP contribution in [-0.2, 0) is 19.4 Å². The van der Waals surface area contributed by atoms with Crippen molar-refractivity contribution in [3.8, 4) is 0 Å². The molecule has 106 valence electrons. The van der Waals surface area contributed by atoms with E-state index in [1.54, 1.807) is 18.2 Å². The normalized spacial score (nSPS) is 10.8. The molecule has 0 N–H and O–H groups in total. The molecule has 5 heteroatoms. The summed E-state index contributed by atoms with van der Waals surface area (Å²) in [7, 11) is 0. The van der Waals surface area contributed by atoms with E-state index in [2.05, 4.69) is 28.0 Å². The van der Waals surface area contributed by atoms with Gasteiger partial charge in [-0.1, -0.05) is 18.5 Å². The van der Waals surface area contributed by atoms with Crippen LogP contribution in [0.4, 0.5) is 0 Å². The van der Waals surface area contributed by atoms with Gasteiger partial charge >= 0.3 is 0 Å². The highest BCUT2D eigenvalue weighted by Crippen LogP contribution is 2.23. The third kappa shape index (κ3) is 3.30. The van der Waals surface area contributed by atoms with E-state index in [0.717, 1.165) is 28.8 Å². The zero-order valence-electron chi connectivity index (χ0n) is 11.5. The largest absolute Gasteiger partial charge is 0.294 e. The molecule has 0 aliphatic carbocycles. The van der Waals surface area contributed by atoms with Crippen LogP contribution in [-0.4, -0.2) is 15.6 Å². The Balaban J connectivity index is 2.25. The summed E-state index contributed by atoms with van der Waals surface area (Å²) in [4.78, 5) is 12.4. The third-order valence-corrected chi connectivity index (χ3v) is 4.04. The lowest BCUT2D eigenvalue weighted by molar-refractivity contribution is 0.0990. The molecule has 2 rings (SSSR count). The van der Waals surface area contributed by atoms with E-state index in [0.29, 0.717) is 17.0 Å². The minimum absolute atomic E-state index is 0.0609. The molecule has 0 aliphatic heterocycles. The molecule has 0 spiro atoms. The fourth-order valence-corrected chi connectivity index (χ4v) is 2.98. The molecule has 1 heterocycles. The van der Waals surface area contributed by atoms with E-state index in [4.69, 9.17) is 11.6 Å². The number of aryl methyl sites for hydroxylation is 2. The zero-order chi connectivity index (χ0) is 14.7. The van der Waals surface area contributed by atoms with Crippen molar-refractivity contribution in [2.24, 2.45) is 0 Å². The van der Waals surface area contributed by atoms with Crippen LogP contribution in [0.2, 0.25) is 5.02 Å². The molecule has 0 bridgehead atoms. The van der Waals surface area contributed by atoms with E-state index >= 15 is 0 Å². The summed E-state index contributed by atoms with van der Waals surface area (Å²) in [5.41, 5.74) is 2.62. The van der Waals surface area contributed by atoms with Gasteiger partial charge in [-0.25, -0.2) is 0 Å². The number of Topliss-reactive ketones (excluding diaryl/α,β-unsaturated/α-hetero) is 1. The number of hydrogen-bond donors (Lipinski definition) is 0. The maximum atomic E-state index is 12.4.